The molecule has 1 rings (SSSR count). The van der Waals surface area contributed by atoms with E-state index in [1.165, 1.54) is 153 Å². The van der Waals surface area contributed by atoms with Crippen molar-refractivity contribution in [2.45, 2.75) is 141 Å². The van der Waals surface area contributed by atoms with Gasteiger partial charge in [0.05, 0.1) is 11.5 Å². The van der Waals surface area contributed by atoms with Crippen LogP contribution in [0.2, 0.25) is 0 Å². The van der Waals surface area contributed by atoms with E-state index in [9.17, 15) is 8.42 Å². The fourth-order valence-electron chi connectivity index (χ4n) is 4.62. The van der Waals surface area contributed by atoms with Crippen LogP contribution < -0.4 is 16.8 Å². The van der Waals surface area contributed by atoms with Gasteiger partial charge in [-0.05, 0) is 51.0 Å². The van der Waals surface area contributed by atoms with Crippen molar-refractivity contribution < 1.29 is 12.6 Å². The predicted molar refractivity (Wildman–Crippen MR) is 193 cm³/mol. The molecule has 0 aromatic heterocycles. The Bertz CT molecular complexity index is 879. The monoisotopic (exact) mass is 653 g/mol. The molecule has 45 heavy (non-hydrogen) atoms. The van der Waals surface area contributed by atoms with Crippen LogP contribution in [0.1, 0.15) is 136 Å². The van der Waals surface area contributed by atoms with E-state index in [4.69, 9.17) is 22.3 Å². The molecule has 9 nitrogen and oxygen atoms in total. The maximum atomic E-state index is 11.3. The highest BCUT2D eigenvalue weighted by Gasteiger charge is 2.12. The summed E-state index contributed by atoms with van der Waals surface area (Å²) in [5.74, 6) is -0.625. The van der Waals surface area contributed by atoms with Gasteiger partial charge in [0.15, 0.2) is 11.9 Å². The molecule has 0 unspecified atom stereocenters. The zero-order valence-corrected chi connectivity index (χ0v) is 29.8. The number of unbranched alkanes of at least 4 members (excludes halogenated alkanes) is 15. The Hall–Kier alpha value is -2.43. The van der Waals surface area contributed by atoms with Crippen LogP contribution in [-0.4, -0.2) is 51.5 Å². The first-order chi connectivity index (χ1) is 21.6. The summed E-state index contributed by atoms with van der Waals surface area (Å²) in [7, 11) is -3.59. The van der Waals surface area contributed by atoms with Gasteiger partial charge in [0.1, 0.15) is 0 Å². The summed E-state index contributed by atoms with van der Waals surface area (Å²) < 4.78 is 27.3. The molecule has 0 saturated carbocycles. The quantitative estimate of drug-likeness (QED) is 0.0233. The van der Waals surface area contributed by atoms with Crippen molar-refractivity contribution in [1.82, 2.24) is 10.2 Å². The first-order valence-corrected chi connectivity index (χ1v) is 18.8. The topological polar surface area (TPSA) is 158 Å². The van der Waals surface area contributed by atoms with Crippen molar-refractivity contribution in [1.29, 1.82) is 10.8 Å². The molecule has 0 aliphatic heterocycles. The Morgan fingerprint density at radius 2 is 1.07 bits per heavy atom. The number of hydrogen-bond donors (Lipinski definition) is 5. The van der Waals surface area contributed by atoms with E-state index < -0.39 is 10.1 Å². The normalized spacial score (nSPS) is 10.8. The molecule has 10 heteroatoms. The Morgan fingerprint density at radius 3 is 1.38 bits per heavy atom. The molecule has 0 bridgehead atoms. The van der Waals surface area contributed by atoms with Gasteiger partial charge in [-0.2, -0.15) is 8.42 Å². The molecule has 262 valence electrons. The zero-order valence-electron chi connectivity index (χ0n) is 29.0. The summed E-state index contributed by atoms with van der Waals surface area (Å²) >= 11 is 0. The van der Waals surface area contributed by atoms with Gasteiger partial charge in [0.25, 0.3) is 10.1 Å². The van der Waals surface area contributed by atoms with E-state index in [-0.39, 0.29) is 23.4 Å². The van der Waals surface area contributed by atoms with Crippen LogP contribution in [0.3, 0.4) is 0 Å². The lowest BCUT2D eigenvalue weighted by atomic mass is 10.1. The molecule has 0 amide bonds. The molecule has 0 fully saturated rings. The standard InChI is InChI=1S/C24H51N.C9H10O3S.C2H7N5/c1-4-7-10-13-16-19-22-25(23-20-17-14-11-8-5-2)24-21-18-15-12-9-6-3;1-2-8-12-13(10,11)9-6-4-3-5-7-9;3-1(4)7-2(5)6/h4-24H2,1-3H3;2-7H,1,8H2;(H7,3,4,5,6,7). The first-order valence-electron chi connectivity index (χ1n) is 17.4. The lowest BCUT2D eigenvalue weighted by Gasteiger charge is -2.22. The molecule has 0 spiro atoms. The number of nitrogens with one attached hydrogen (secondary N) is 3. The summed E-state index contributed by atoms with van der Waals surface area (Å²) in [4.78, 5) is 2.95. The summed E-state index contributed by atoms with van der Waals surface area (Å²) in [6.45, 7) is 14.4. The van der Waals surface area contributed by atoms with Gasteiger partial charge in [-0.3, -0.25) is 20.3 Å². The third-order valence-electron chi connectivity index (χ3n) is 7.13. The van der Waals surface area contributed by atoms with Crippen molar-refractivity contribution in [3.8, 4) is 0 Å². The predicted octanol–water partition coefficient (Wildman–Crippen LogP) is 8.31. The molecule has 1 aromatic carbocycles. The molecular weight excluding hydrogens is 584 g/mol. The fourth-order valence-corrected chi connectivity index (χ4v) is 5.52. The van der Waals surface area contributed by atoms with Gasteiger partial charge < -0.3 is 16.4 Å². The molecular formula is C35H68N6O3S. The smallest absolute Gasteiger partial charge is 0.297 e. The Labute approximate surface area is 277 Å². The van der Waals surface area contributed by atoms with E-state index >= 15 is 0 Å². The van der Waals surface area contributed by atoms with Gasteiger partial charge in [0, 0.05) is 0 Å². The maximum Gasteiger partial charge on any atom is 0.297 e. The third-order valence-corrected chi connectivity index (χ3v) is 8.42. The fraction of sp³-hybridized carbons (Fsp3) is 0.714. The van der Waals surface area contributed by atoms with Gasteiger partial charge in [-0.25, -0.2) is 0 Å². The number of benzene rings is 1. The van der Waals surface area contributed by atoms with Crippen LogP contribution in [0.15, 0.2) is 47.9 Å². The second kappa shape index (κ2) is 32.9. The number of nitrogens with zero attached hydrogens (tertiary/aromatic N) is 1. The van der Waals surface area contributed by atoms with Crippen LogP contribution in [0.4, 0.5) is 0 Å². The average molecular weight is 653 g/mol. The minimum absolute atomic E-state index is 0.00275. The van der Waals surface area contributed by atoms with Crippen LogP contribution in [0.5, 0.6) is 0 Å². The van der Waals surface area contributed by atoms with Crippen LogP contribution in [-0.2, 0) is 14.3 Å². The zero-order chi connectivity index (χ0) is 34.0. The number of hydrogen-bond acceptors (Lipinski definition) is 6. The Balaban J connectivity index is 0. The summed E-state index contributed by atoms with van der Waals surface area (Å²) in [6.07, 6.45) is 27.1. The largest absolute Gasteiger partial charge is 0.370 e. The van der Waals surface area contributed by atoms with Gasteiger partial charge in [-0.1, -0.05) is 141 Å². The van der Waals surface area contributed by atoms with Gasteiger partial charge in [0.2, 0.25) is 0 Å². The molecule has 0 radical (unpaired) electrons. The first kappa shape index (κ1) is 44.7. The van der Waals surface area contributed by atoms with Crippen molar-refractivity contribution in [2.24, 2.45) is 11.5 Å². The van der Waals surface area contributed by atoms with Crippen LogP contribution >= 0.6 is 0 Å². The number of guanidine groups is 2. The van der Waals surface area contributed by atoms with Crippen molar-refractivity contribution in [3.05, 3.63) is 43.0 Å². The highest BCUT2D eigenvalue weighted by Crippen LogP contribution is 2.12. The lowest BCUT2D eigenvalue weighted by molar-refractivity contribution is 0.254. The van der Waals surface area contributed by atoms with Crippen LogP contribution in [0, 0.1) is 10.8 Å². The number of nitrogens with two attached hydrogens (primary N) is 2. The molecule has 0 saturated heterocycles. The Morgan fingerprint density at radius 1 is 0.711 bits per heavy atom. The van der Waals surface area contributed by atoms with E-state index in [0.717, 1.165) is 0 Å². The summed E-state index contributed by atoms with van der Waals surface area (Å²) in [5, 5.41) is 15.0. The Kier molecular flexibility index (Phi) is 32.7. The molecule has 0 heterocycles. The van der Waals surface area contributed by atoms with E-state index in [0.29, 0.717) is 0 Å². The highest BCUT2D eigenvalue weighted by molar-refractivity contribution is 7.86. The molecule has 0 aliphatic carbocycles. The SMILES string of the molecule is C=CCOS(=O)(=O)c1ccccc1.CCCCCCCCN(CCCCCCCC)CCCCCCCC.N=C(N)NC(=N)N. The minimum atomic E-state index is -3.59. The van der Waals surface area contributed by atoms with E-state index in [1.807, 2.05) is 5.32 Å². The van der Waals surface area contributed by atoms with Gasteiger partial charge >= 0.3 is 0 Å². The molecule has 0 atom stereocenters. The van der Waals surface area contributed by atoms with Crippen LogP contribution in [0.25, 0.3) is 0 Å². The van der Waals surface area contributed by atoms with E-state index in [2.05, 4.69) is 36.4 Å². The summed E-state index contributed by atoms with van der Waals surface area (Å²) in [5.41, 5.74) is 9.49. The third kappa shape index (κ3) is 32.8. The average Bonchev–Trinajstić information content (AvgIpc) is 3.01. The van der Waals surface area contributed by atoms with Gasteiger partial charge in [-0.15, -0.1) is 6.58 Å². The van der Waals surface area contributed by atoms with Crippen molar-refractivity contribution in [2.75, 3.05) is 26.2 Å². The number of rotatable bonds is 25. The maximum absolute atomic E-state index is 11.3. The molecule has 0 aliphatic rings. The van der Waals surface area contributed by atoms with E-state index in [1.54, 1.807) is 18.2 Å². The lowest BCUT2D eigenvalue weighted by Crippen LogP contribution is -2.39. The second-order valence-corrected chi connectivity index (χ2v) is 13.1. The highest BCUT2D eigenvalue weighted by atomic mass is 32.2. The summed E-state index contributed by atoms with van der Waals surface area (Å²) in [6, 6.07) is 8.00. The van der Waals surface area contributed by atoms with Crippen molar-refractivity contribution >= 4 is 22.0 Å². The minimum Gasteiger partial charge on any atom is -0.370 e. The van der Waals surface area contributed by atoms with Crippen molar-refractivity contribution in [3.63, 3.8) is 0 Å². The molecule has 1 aromatic rings. The second-order valence-electron chi connectivity index (χ2n) is 11.4. The molecule has 7 N–H and O–H groups in total.